The third-order valence-corrected chi connectivity index (χ3v) is 2.72. The summed E-state index contributed by atoms with van der Waals surface area (Å²) in [6, 6.07) is 3.05. The Balaban J connectivity index is 2.75. The van der Waals surface area contributed by atoms with Crippen LogP contribution in [0.15, 0.2) is 27.6 Å². The molecule has 3 N–H and O–H groups in total. The molecule has 1 rings (SSSR count). The van der Waals surface area contributed by atoms with Crippen molar-refractivity contribution in [1.82, 2.24) is 9.88 Å². The van der Waals surface area contributed by atoms with Crippen LogP contribution in [0.4, 0.5) is 0 Å². The van der Waals surface area contributed by atoms with E-state index in [1.54, 1.807) is 12.3 Å². The molecule has 0 bridgehead atoms. The first-order valence-electron chi connectivity index (χ1n) is 5.21. The van der Waals surface area contributed by atoms with Gasteiger partial charge in [0.15, 0.2) is 0 Å². The third kappa shape index (κ3) is 4.32. The molecule has 0 spiro atoms. The number of carbonyl (C=O) groups excluding carboxylic acids is 1. The smallest absolute Gasteiger partial charge is 0.251 e. The number of nitrogens with two attached hydrogens (primary N) is 1. The largest absolute Gasteiger partial charge is 0.348 e. The number of aromatic nitrogens is 1. The molecule has 5 nitrogen and oxygen atoms in total. The predicted octanol–water partition coefficient (Wildman–Crippen LogP) is 0.464. The Kier molecular flexibility index (Phi) is 4.47. The monoisotopic (exact) mass is 301 g/mol. The molecule has 0 atom stereocenters. The van der Waals surface area contributed by atoms with Gasteiger partial charge in [-0.2, -0.15) is 0 Å². The minimum Gasteiger partial charge on any atom is -0.348 e. The number of nitrogens with zero attached hydrogens (tertiary/aromatic N) is 1. The zero-order valence-corrected chi connectivity index (χ0v) is 11.5. The Morgan fingerprint density at radius 2 is 2.18 bits per heavy atom. The van der Waals surface area contributed by atoms with Crippen LogP contribution in [0.25, 0.3) is 0 Å². The molecular formula is C11H16BrN3O2. The molecule has 0 aliphatic heterocycles. The zero-order valence-electron chi connectivity index (χ0n) is 9.87. The molecule has 1 aromatic heterocycles. The van der Waals surface area contributed by atoms with Crippen molar-refractivity contribution in [2.45, 2.75) is 25.9 Å². The van der Waals surface area contributed by atoms with Gasteiger partial charge in [-0.15, -0.1) is 0 Å². The van der Waals surface area contributed by atoms with Crippen LogP contribution in [0, 0.1) is 0 Å². The molecule has 0 saturated heterocycles. The summed E-state index contributed by atoms with van der Waals surface area (Å²) in [6.45, 7) is 3.98. The lowest BCUT2D eigenvalue weighted by molar-refractivity contribution is -0.123. The minimum absolute atomic E-state index is 0.0122. The van der Waals surface area contributed by atoms with E-state index >= 15 is 0 Å². The number of carbonyl (C=O) groups is 1. The SMILES string of the molecule is CC(C)(CN)NC(=O)Cn1cc(Br)ccc1=O. The zero-order chi connectivity index (χ0) is 13.1. The molecule has 1 aromatic rings. The molecule has 0 radical (unpaired) electrons. The number of rotatable bonds is 4. The van der Waals surface area contributed by atoms with Crippen molar-refractivity contribution in [3.8, 4) is 0 Å². The van der Waals surface area contributed by atoms with Crippen LogP contribution in [-0.2, 0) is 11.3 Å². The van der Waals surface area contributed by atoms with Crippen LogP contribution in [0.5, 0.6) is 0 Å². The Labute approximate surface area is 108 Å². The van der Waals surface area contributed by atoms with Crippen molar-refractivity contribution in [2.75, 3.05) is 6.54 Å². The van der Waals surface area contributed by atoms with Crippen LogP contribution < -0.4 is 16.6 Å². The molecular weight excluding hydrogens is 286 g/mol. The molecule has 1 amide bonds. The van der Waals surface area contributed by atoms with E-state index in [2.05, 4.69) is 21.2 Å². The van der Waals surface area contributed by atoms with E-state index in [0.29, 0.717) is 6.54 Å². The highest BCUT2D eigenvalue weighted by molar-refractivity contribution is 9.10. The van der Waals surface area contributed by atoms with Crippen molar-refractivity contribution in [3.05, 3.63) is 33.2 Å². The Hall–Kier alpha value is -1.14. The molecule has 0 aliphatic rings. The highest BCUT2D eigenvalue weighted by Crippen LogP contribution is 2.05. The van der Waals surface area contributed by atoms with Gasteiger partial charge in [0.1, 0.15) is 6.54 Å². The van der Waals surface area contributed by atoms with Crippen LogP contribution in [0.2, 0.25) is 0 Å². The first-order chi connectivity index (χ1) is 7.84. The number of nitrogens with one attached hydrogen (secondary N) is 1. The van der Waals surface area contributed by atoms with E-state index in [0.717, 1.165) is 4.47 Å². The fourth-order valence-electron chi connectivity index (χ4n) is 1.25. The van der Waals surface area contributed by atoms with Gasteiger partial charge in [-0.25, -0.2) is 0 Å². The van der Waals surface area contributed by atoms with Gasteiger partial charge in [-0.3, -0.25) is 9.59 Å². The van der Waals surface area contributed by atoms with Crippen LogP contribution in [0.1, 0.15) is 13.8 Å². The fraction of sp³-hybridized carbons (Fsp3) is 0.455. The van der Waals surface area contributed by atoms with Crippen LogP contribution >= 0.6 is 15.9 Å². The van der Waals surface area contributed by atoms with Crippen molar-refractivity contribution < 1.29 is 4.79 Å². The molecule has 0 saturated carbocycles. The van der Waals surface area contributed by atoms with Gasteiger partial charge in [-0.1, -0.05) is 0 Å². The number of halogens is 1. The van der Waals surface area contributed by atoms with Gasteiger partial charge in [0.25, 0.3) is 5.56 Å². The summed E-state index contributed by atoms with van der Waals surface area (Å²) in [7, 11) is 0. The highest BCUT2D eigenvalue weighted by Gasteiger charge is 2.18. The topological polar surface area (TPSA) is 77.1 Å². The first-order valence-corrected chi connectivity index (χ1v) is 6.00. The number of amides is 1. The standard InChI is InChI=1S/C11H16BrN3O2/c1-11(2,7-13)14-9(16)6-15-5-8(12)3-4-10(15)17/h3-5H,6-7,13H2,1-2H3,(H,14,16). The van der Waals surface area contributed by atoms with Crippen molar-refractivity contribution in [3.63, 3.8) is 0 Å². The first kappa shape index (κ1) is 13.9. The van der Waals surface area contributed by atoms with Crippen molar-refractivity contribution in [1.29, 1.82) is 0 Å². The Morgan fingerprint density at radius 1 is 1.53 bits per heavy atom. The van der Waals surface area contributed by atoms with Gasteiger partial charge in [0.05, 0.1) is 0 Å². The molecule has 0 aliphatic carbocycles. The number of hydrogen-bond acceptors (Lipinski definition) is 3. The maximum atomic E-state index is 11.7. The van der Waals surface area contributed by atoms with Gasteiger partial charge in [-0.05, 0) is 35.8 Å². The molecule has 17 heavy (non-hydrogen) atoms. The second-order valence-electron chi connectivity index (χ2n) is 4.45. The summed E-state index contributed by atoms with van der Waals surface area (Å²) in [6.07, 6.45) is 1.58. The predicted molar refractivity (Wildman–Crippen MR) is 69.7 cm³/mol. The quantitative estimate of drug-likeness (QED) is 0.848. The van der Waals surface area contributed by atoms with E-state index < -0.39 is 5.54 Å². The summed E-state index contributed by atoms with van der Waals surface area (Å²) in [5.41, 5.74) is 4.83. The Morgan fingerprint density at radius 3 is 2.76 bits per heavy atom. The van der Waals surface area contributed by atoms with Crippen LogP contribution in [0.3, 0.4) is 0 Å². The highest BCUT2D eigenvalue weighted by atomic mass is 79.9. The molecule has 0 aromatic carbocycles. The summed E-state index contributed by atoms with van der Waals surface area (Å²) < 4.78 is 2.09. The van der Waals surface area contributed by atoms with Crippen molar-refractivity contribution in [2.24, 2.45) is 5.73 Å². The van der Waals surface area contributed by atoms with E-state index in [1.165, 1.54) is 10.6 Å². The van der Waals surface area contributed by atoms with Crippen molar-refractivity contribution >= 4 is 21.8 Å². The summed E-state index contributed by atoms with van der Waals surface area (Å²) >= 11 is 3.25. The van der Waals surface area contributed by atoms with Gasteiger partial charge in [0, 0.05) is 28.8 Å². The van der Waals surface area contributed by atoms with Gasteiger partial charge < -0.3 is 15.6 Å². The lowest BCUT2D eigenvalue weighted by atomic mass is 10.1. The van der Waals surface area contributed by atoms with Crippen LogP contribution in [-0.4, -0.2) is 22.6 Å². The van der Waals surface area contributed by atoms with E-state index in [4.69, 9.17) is 5.73 Å². The molecule has 6 heteroatoms. The van der Waals surface area contributed by atoms with E-state index in [1.807, 2.05) is 13.8 Å². The normalized spacial score (nSPS) is 11.3. The summed E-state index contributed by atoms with van der Waals surface area (Å²) in [5, 5.41) is 2.76. The molecule has 1 heterocycles. The molecule has 94 valence electrons. The van der Waals surface area contributed by atoms with Gasteiger partial charge >= 0.3 is 0 Å². The maximum Gasteiger partial charge on any atom is 0.251 e. The average molecular weight is 302 g/mol. The fourth-order valence-corrected chi connectivity index (χ4v) is 1.63. The number of pyridine rings is 1. The minimum atomic E-state index is -0.466. The maximum absolute atomic E-state index is 11.7. The van der Waals surface area contributed by atoms with E-state index in [-0.39, 0.29) is 18.0 Å². The summed E-state index contributed by atoms with van der Waals surface area (Å²) in [4.78, 5) is 23.2. The average Bonchev–Trinajstić information content (AvgIpc) is 2.23. The van der Waals surface area contributed by atoms with Gasteiger partial charge in [0.2, 0.25) is 5.91 Å². The second kappa shape index (κ2) is 5.46. The lowest BCUT2D eigenvalue weighted by Crippen LogP contribution is -2.50. The molecule has 0 fully saturated rings. The summed E-state index contributed by atoms with van der Waals surface area (Å²) in [5.74, 6) is -0.236. The lowest BCUT2D eigenvalue weighted by Gasteiger charge is -2.24. The van der Waals surface area contributed by atoms with E-state index in [9.17, 15) is 9.59 Å². The third-order valence-electron chi connectivity index (χ3n) is 2.25. The Bertz CT molecular complexity index is 468. The molecule has 0 unspecified atom stereocenters. The second-order valence-corrected chi connectivity index (χ2v) is 5.37. The number of hydrogen-bond donors (Lipinski definition) is 2.